The molecule has 2 aromatic carbocycles. The number of hydrogen-bond donors (Lipinski definition) is 1. The minimum atomic E-state index is -0.00608. The summed E-state index contributed by atoms with van der Waals surface area (Å²) < 4.78 is 0. The number of thiophene rings is 1. The second kappa shape index (κ2) is 5.78. The Morgan fingerprint density at radius 2 is 1.68 bits per heavy atom. The normalized spacial score (nSPS) is 10.6. The summed E-state index contributed by atoms with van der Waals surface area (Å²) in [6, 6.07) is 17.8. The van der Waals surface area contributed by atoms with Crippen molar-refractivity contribution in [1.82, 2.24) is 0 Å². The van der Waals surface area contributed by atoms with Gasteiger partial charge in [0, 0.05) is 10.4 Å². The van der Waals surface area contributed by atoms with Crippen molar-refractivity contribution in [3.63, 3.8) is 0 Å². The third-order valence-corrected chi connectivity index (χ3v) is 4.70. The van der Waals surface area contributed by atoms with E-state index in [1.807, 2.05) is 68.4 Å². The number of aryl methyl sites for hydroxylation is 2. The highest BCUT2D eigenvalue weighted by molar-refractivity contribution is 7.19. The van der Waals surface area contributed by atoms with Gasteiger partial charge >= 0.3 is 0 Å². The molecule has 3 heteroatoms. The third-order valence-electron chi connectivity index (χ3n) is 3.69. The summed E-state index contributed by atoms with van der Waals surface area (Å²) in [7, 11) is 0. The Labute approximate surface area is 134 Å². The van der Waals surface area contributed by atoms with Crippen LogP contribution in [0, 0.1) is 13.8 Å². The molecular weight excluding hydrogens is 290 g/mol. The first-order valence-corrected chi connectivity index (χ1v) is 7.94. The second-order valence-electron chi connectivity index (χ2n) is 5.40. The van der Waals surface area contributed by atoms with Crippen LogP contribution >= 0.6 is 11.3 Å². The van der Waals surface area contributed by atoms with E-state index in [1.165, 1.54) is 11.3 Å². The van der Waals surface area contributed by atoms with Crippen molar-refractivity contribution >= 4 is 22.1 Å². The second-order valence-corrected chi connectivity index (χ2v) is 6.49. The van der Waals surface area contributed by atoms with E-state index in [-0.39, 0.29) is 5.78 Å². The number of hydrogen-bond acceptors (Lipinski definition) is 3. The topological polar surface area (TPSA) is 43.1 Å². The molecule has 1 aromatic heterocycles. The molecule has 0 aliphatic carbocycles. The van der Waals surface area contributed by atoms with E-state index in [1.54, 1.807) is 0 Å². The van der Waals surface area contributed by atoms with Crippen molar-refractivity contribution in [2.45, 2.75) is 13.8 Å². The van der Waals surface area contributed by atoms with Gasteiger partial charge in [0.05, 0.1) is 10.6 Å². The Bertz CT molecular complexity index is 834. The largest absolute Gasteiger partial charge is 0.390 e. The standard InChI is InChI=1S/C19H17NOS/c1-12-8-9-15(13(2)10-12)18(21)16-11-17(22-19(16)20)14-6-4-3-5-7-14/h3-11H,20H2,1-2H3. The molecule has 0 spiro atoms. The molecule has 0 radical (unpaired) electrons. The Morgan fingerprint density at radius 3 is 2.36 bits per heavy atom. The van der Waals surface area contributed by atoms with Crippen LogP contribution < -0.4 is 5.73 Å². The van der Waals surface area contributed by atoms with Crippen molar-refractivity contribution in [2.75, 3.05) is 5.73 Å². The zero-order valence-corrected chi connectivity index (χ0v) is 13.4. The lowest BCUT2D eigenvalue weighted by Gasteiger charge is -2.05. The fourth-order valence-corrected chi connectivity index (χ4v) is 3.47. The molecule has 0 aliphatic rings. The van der Waals surface area contributed by atoms with Crippen molar-refractivity contribution < 1.29 is 4.79 Å². The van der Waals surface area contributed by atoms with Crippen LogP contribution in [0.15, 0.2) is 54.6 Å². The molecule has 0 amide bonds. The minimum absolute atomic E-state index is 0.00608. The summed E-state index contributed by atoms with van der Waals surface area (Å²) in [5, 5.41) is 0.573. The maximum absolute atomic E-state index is 12.8. The molecule has 22 heavy (non-hydrogen) atoms. The van der Waals surface area contributed by atoms with Crippen LogP contribution in [-0.4, -0.2) is 5.78 Å². The monoisotopic (exact) mass is 307 g/mol. The molecule has 0 atom stereocenters. The molecule has 0 bridgehead atoms. The van der Waals surface area contributed by atoms with Gasteiger partial charge in [-0.05, 0) is 31.0 Å². The Balaban J connectivity index is 2.02. The van der Waals surface area contributed by atoms with Gasteiger partial charge in [0.25, 0.3) is 0 Å². The summed E-state index contributed by atoms with van der Waals surface area (Å²) in [4.78, 5) is 13.8. The first-order chi connectivity index (χ1) is 10.6. The Kier molecular flexibility index (Phi) is 3.82. The number of benzene rings is 2. The van der Waals surface area contributed by atoms with Crippen LogP contribution in [0.5, 0.6) is 0 Å². The summed E-state index contributed by atoms with van der Waals surface area (Å²) in [5.74, 6) is -0.00608. The highest BCUT2D eigenvalue weighted by Gasteiger charge is 2.18. The number of nitrogens with two attached hydrogens (primary N) is 1. The molecule has 0 unspecified atom stereocenters. The smallest absolute Gasteiger partial charge is 0.196 e. The molecule has 2 nitrogen and oxygen atoms in total. The Morgan fingerprint density at radius 1 is 0.955 bits per heavy atom. The van der Waals surface area contributed by atoms with Gasteiger partial charge in [-0.1, -0.05) is 54.1 Å². The number of carbonyl (C=O) groups is 1. The van der Waals surface area contributed by atoms with Crippen LogP contribution in [0.4, 0.5) is 5.00 Å². The van der Waals surface area contributed by atoms with E-state index in [9.17, 15) is 4.79 Å². The average molecular weight is 307 g/mol. The fourth-order valence-electron chi connectivity index (χ4n) is 2.54. The molecule has 0 saturated carbocycles. The van der Waals surface area contributed by atoms with Crippen molar-refractivity contribution in [3.8, 4) is 10.4 Å². The molecule has 0 saturated heterocycles. The molecule has 110 valence electrons. The molecule has 0 fully saturated rings. The van der Waals surface area contributed by atoms with Gasteiger partial charge in [0.15, 0.2) is 5.78 Å². The van der Waals surface area contributed by atoms with Crippen molar-refractivity contribution in [1.29, 1.82) is 0 Å². The van der Waals surface area contributed by atoms with Crippen molar-refractivity contribution in [2.24, 2.45) is 0 Å². The molecule has 3 aromatic rings. The summed E-state index contributed by atoms with van der Waals surface area (Å²) in [5.41, 5.74) is 10.6. The van der Waals surface area contributed by atoms with E-state index in [4.69, 9.17) is 5.73 Å². The lowest BCUT2D eigenvalue weighted by molar-refractivity contribution is 0.103. The molecular formula is C19H17NOS. The number of carbonyl (C=O) groups excluding carboxylic acids is 1. The first kappa shape index (κ1) is 14.5. The molecule has 1 heterocycles. The SMILES string of the molecule is Cc1ccc(C(=O)c2cc(-c3ccccc3)sc2N)c(C)c1. The van der Waals surface area contributed by atoms with Gasteiger partial charge in [0.1, 0.15) is 0 Å². The van der Waals surface area contributed by atoms with Gasteiger partial charge < -0.3 is 5.73 Å². The van der Waals surface area contributed by atoms with Crippen LogP contribution in [0.2, 0.25) is 0 Å². The van der Waals surface area contributed by atoms with Crippen LogP contribution in [0.25, 0.3) is 10.4 Å². The summed E-state index contributed by atoms with van der Waals surface area (Å²) in [6.45, 7) is 3.98. The minimum Gasteiger partial charge on any atom is -0.390 e. The lowest BCUT2D eigenvalue weighted by atomic mass is 9.98. The first-order valence-electron chi connectivity index (χ1n) is 7.13. The van der Waals surface area contributed by atoms with Crippen LogP contribution in [0.1, 0.15) is 27.0 Å². The lowest BCUT2D eigenvalue weighted by Crippen LogP contribution is -2.05. The highest BCUT2D eigenvalue weighted by atomic mass is 32.1. The van der Waals surface area contributed by atoms with E-state index in [2.05, 4.69) is 0 Å². The van der Waals surface area contributed by atoms with Crippen molar-refractivity contribution in [3.05, 3.63) is 76.9 Å². The number of anilines is 1. The predicted molar refractivity (Wildman–Crippen MR) is 93.5 cm³/mol. The number of rotatable bonds is 3. The number of nitrogen functional groups attached to an aromatic ring is 1. The zero-order chi connectivity index (χ0) is 15.7. The third kappa shape index (κ3) is 2.68. The Hall–Kier alpha value is -2.39. The molecule has 0 aliphatic heterocycles. The van der Waals surface area contributed by atoms with Gasteiger partial charge in [-0.2, -0.15) is 0 Å². The van der Waals surface area contributed by atoms with E-state index in [0.29, 0.717) is 10.6 Å². The van der Waals surface area contributed by atoms with Gasteiger partial charge in [0.2, 0.25) is 0 Å². The predicted octanol–water partition coefficient (Wildman–Crippen LogP) is 4.85. The van der Waals surface area contributed by atoms with E-state index < -0.39 is 0 Å². The van der Waals surface area contributed by atoms with Crippen LogP contribution in [0.3, 0.4) is 0 Å². The fraction of sp³-hybridized carbons (Fsp3) is 0.105. The maximum atomic E-state index is 12.8. The van der Waals surface area contributed by atoms with E-state index in [0.717, 1.165) is 27.1 Å². The van der Waals surface area contributed by atoms with Gasteiger partial charge in [-0.15, -0.1) is 11.3 Å². The maximum Gasteiger partial charge on any atom is 0.196 e. The van der Waals surface area contributed by atoms with Gasteiger partial charge in [-0.3, -0.25) is 4.79 Å². The van der Waals surface area contributed by atoms with Gasteiger partial charge in [-0.25, -0.2) is 0 Å². The zero-order valence-electron chi connectivity index (χ0n) is 12.6. The molecule has 3 rings (SSSR count). The quantitative estimate of drug-likeness (QED) is 0.703. The summed E-state index contributed by atoms with van der Waals surface area (Å²) >= 11 is 1.46. The van der Waals surface area contributed by atoms with Crippen LogP contribution in [-0.2, 0) is 0 Å². The molecule has 2 N–H and O–H groups in total. The highest BCUT2D eigenvalue weighted by Crippen LogP contribution is 2.34. The summed E-state index contributed by atoms with van der Waals surface area (Å²) in [6.07, 6.45) is 0. The average Bonchev–Trinajstić information content (AvgIpc) is 2.89. The number of ketones is 1. The van der Waals surface area contributed by atoms with E-state index >= 15 is 0 Å².